The van der Waals surface area contributed by atoms with Crippen LogP contribution in [0.3, 0.4) is 0 Å². The molecule has 0 radical (unpaired) electrons. The summed E-state index contributed by atoms with van der Waals surface area (Å²) < 4.78 is 5.38. The number of primary amides is 1. The van der Waals surface area contributed by atoms with Crippen molar-refractivity contribution >= 4 is 17.8 Å². The number of nitrogens with one attached hydrogen (secondary N) is 1. The molecule has 0 heterocycles. The molecule has 1 atom stereocenters. The normalized spacial score (nSPS) is 13.3. The van der Waals surface area contributed by atoms with Crippen molar-refractivity contribution in [3.63, 3.8) is 0 Å². The van der Waals surface area contributed by atoms with Gasteiger partial charge < -0.3 is 20.9 Å². The minimum Gasteiger partial charge on any atom is -0.449 e. The van der Waals surface area contributed by atoms with Gasteiger partial charge in [0.1, 0.15) is 12.7 Å². The average molecular weight is 382 g/mol. The number of aliphatic hydroxyl groups is 1. The predicted octanol–water partition coefficient (Wildman–Crippen LogP) is 1.72. The molecule has 28 heavy (non-hydrogen) atoms. The van der Waals surface area contributed by atoms with Crippen LogP contribution in [-0.2, 0) is 14.3 Å². The second kappa shape index (κ2) is 8.67. The molecule has 4 N–H and O–H groups in total. The number of rotatable bonds is 8. The van der Waals surface area contributed by atoms with Crippen LogP contribution in [-0.4, -0.2) is 42.1 Å². The van der Waals surface area contributed by atoms with Crippen molar-refractivity contribution in [2.24, 2.45) is 5.73 Å². The monoisotopic (exact) mass is 382 g/mol. The van der Waals surface area contributed by atoms with Gasteiger partial charge in [-0.3, -0.25) is 9.59 Å². The number of benzene rings is 2. The van der Waals surface area contributed by atoms with Crippen LogP contribution in [0.5, 0.6) is 0 Å². The number of hydrogen-bond donors (Lipinski definition) is 3. The highest BCUT2D eigenvalue weighted by Crippen LogP contribution is 2.44. The lowest BCUT2D eigenvalue weighted by molar-refractivity contribution is -0.141. The van der Waals surface area contributed by atoms with E-state index in [0.717, 1.165) is 22.3 Å². The second-order valence-corrected chi connectivity index (χ2v) is 6.64. The van der Waals surface area contributed by atoms with Crippen LogP contribution in [0.1, 0.15) is 29.9 Å². The van der Waals surface area contributed by atoms with Crippen molar-refractivity contribution in [3.05, 3.63) is 59.7 Å². The number of ether oxygens (including phenoxy) is 1. The van der Waals surface area contributed by atoms with Crippen molar-refractivity contribution in [3.8, 4) is 11.1 Å². The van der Waals surface area contributed by atoms with Gasteiger partial charge in [-0.1, -0.05) is 48.5 Å². The number of amides is 2. The topological polar surface area (TPSA) is 119 Å². The Morgan fingerprint density at radius 3 is 2.18 bits per heavy atom. The maximum Gasteiger partial charge on any atom is 0.407 e. The fraction of sp³-hybridized carbons (Fsp3) is 0.286. The number of ketones is 1. The van der Waals surface area contributed by atoms with E-state index < -0.39 is 23.9 Å². The molecule has 0 saturated heterocycles. The molecular weight excluding hydrogens is 360 g/mol. The van der Waals surface area contributed by atoms with E-state index in [1.807, 2.05) is 36.4 Å². The second-order valence-electron chi connectivity index (χ2n) is 6.64. The molecule has 0 fully saturated rings. The number of fused-ring (bicyclic) bond motifs is 3. The van der Waals surface area contributed by atoms with Crippen molar-refractivity contribution < 1.29 is 24.2 Å². The Hall–Kier alpha value is -3.19. The molecule has 0 saturated carbocycles. The Balaban J connectivity index is 1.49. The summed E-state index contributed by atoms with van der Waals surface area (Å²) in [6.07, 6.45) is -1.67. The highest BCUT2D eigenvalue weighted by atomic mass is 16.5. The van der Waals surface area contributed by atoms with Gasteiger partial charge in [0.15, 0.2) is 0 Å². The van der Waals surface area contributed by atoms with Crippen molar-refractivity contribution in [2.45, 2.75) is 24.9 Å². The highest BCUT2D eigenvalue weighted by molar-refractivity contribution is 6.37. The zero-order valence-corrected chi connectivity index (χ0v) is 15.3. The summed E-state index contributed by atoms with van der Waals surface area (Å²) in [6, 6.07) is 16.1. The Morgan fingerprint density at radius 1 is 1.04 bits per heavy atom. The predicted molar refractivity (Wildman–Crippen MR) is 103 cm³/mol. The fourth-order valence-electron chi connectivity index (χ4n) is 3.43. The molecule has 0 spiro atoms. The molecule has 7 nitrogen and oxygen atoms in total. The Kier molecular flexibility index (Phi) is 6.06. The van der Waals surface area contributed by atoms with Gasteiger partial charge in [0.2, 0.25) is 5.78 Å². The molecule has 1 aliphatic rings. The minimum atomic E-state index is -1.44. The van der Waals surface area contributed by atoms with Crippen LogP contribution in [0.25, 0.3) is 11.1 Å². The summed E-state index contributed by atoms with van der Waals surface area (Å²) in [5, 5.41) is 12.1. The number of carbonyl (C=O) groups is 3. The van der Waals surface area contributed by atoms with Crippen LogP contribution < -0.4 is 11.1 Å². The minimum absolute atomic E-state index is 0.0202. The lowest BCUT2D eigenvalue weighted by atomic mass is 9.98. The molecule has 7 heteroatoms. The van der Waals surface area contributed by atoms with Gasteiger partial charge in [-0.15, -0.1) is 0 Å². The van der Waals surface area contributed by atoms with E-state index in [1.54, 1.807) is 0 Å². The number of alkyl carbamates (subject to hydrolysis) is 1. The molecule has 1 unspecified atom stereocenters. The summed E-state index contributed by atoms with van der Waals surface area (Å²) >= 11 is 0. The van der Waals surface area contributed by atoms with Crippen molar-refractivity contribution in [1.29, 1.82) is 0 Å². The lowest BCUT2D eigenvalue weighted by Gasteiger charge is -2.14. The van der Waals surface area contributed by atoms with E-state index in [0.29, 0.717) is 6.42 Å². The third-order valence-electron chi connectivity index (χ3n) is 4.81. The molecule has 2 aromatic rings. The number of hydrogen-bond acceptors (Lipinski definition) is 5. The molecular formula is C21H22N2O5. The van der Waals surface area contributed by atoms with Crippen LogP contribution in [0.15, 0.2) is 48.5 Å². The number of Topliss-reactive ketones (excluding diaryl/α,β-unsaturated/α-hetero) is 1. The van der Waals surface area contributed by atoms with Crippen LogP contribution in [0.2, 0.25) is 0 Å². The van der Waals surface area contributed by atoms with Gasteiger partial charge >= 0.3 is 6.09 Å². The van der Waals surface area contributed by atoms with Crippen molar-refractivity contribution in [1.82, 2.24) is 5.32 Å². The Morgan fingerprint density at radius 2 is 1.61 bits per heavy atom. The maximum absolute atomic E-state index is 12.0. The first kappa shape index (κ1) is 19.6. The third-order valence-corrected chi connectivity index (χ3v) is 4.81. The summed E-state index contributed by atoms with van der Waals surface area (Å²) in [5.74, 6) is -2.22. The van der Waals surface area contributed by atoms with Crippen molar-refractivity contribution in [2.75, 3.05) is 13.2 Å². The number of nitrogens with two attached hydrogens (primary N) is 1. The van der Waals surface area contributed by atoms with E-state index in [4.69, 9.17) is 10.5 Å². The van der Waals surface area contributed by atoms with Crippen LogP contribution in [0, 0.1) is 0 Å². The summed E-state index contributed by atoms with van der Waals surface area (Å²) in [7, 11) is 0. The van der Waals surface area contributed by atoms with Gasteiger partial charge in [0.05, 0.1) is 0 Å². The first-order valence-corrected chi connectivity index (χ1v) is 9.09. The molecule has 3 rings (SSSR count). The van der Waals surface area contributed by atoms with Gasteiger partial charge in [0, 0.05) is 12.5 Å². The summed E-state index contributed by atoms with van der Waals surface area (Å²) in [5.41, 5.74) is 9.38. The number of carbonyl (C=O) groups excluding carboxylic acids is 3. The van der Waals surface area contributed by atoms with E-state index >= 15 is 0 Å². The third kappa shape index (κ3) is 4.20. The van der Waals surface area contributed by atoms with Crippen LogP contribution in [0.4, 0.5) is 4.79 Å². The van der Waals surface area contributed by atoms with Gasteiger partial charge in [0.25, 0.3) is 5.91 Å². The quantitative estimate of drug-likeness (QED) is 0.474. The molecule has 2 aromatic carbocycles. The summed E-state index contributed by atoms with van der Waals surface area (Å²) in [4.78, 5) is 33.8. The molecule has 0 aliphatic heterocycles. The zero-order valence-electron chi connectivity index (χ0n) is 15.3. The van der Waals surface area contributed by atoms with E-state index in [1.165, 1.54) is 0 Å². The maximum atomic E-state index is 12.0. The molecule has 146 valence electrons. The molecule has 1 aliphatic carbocycles. The molecule has 0 bridgehead atoms. The highest BCUT2D eigenvalue weighted by Gasteiger charge is 2.29. The van der Waals surface area contributed by atoms with Gasteiger partial charge in [-0.25, -0.2) is 4.79 Å². The fourth-order valence-corrected chi connectivity index (χ4v) is 3.43. The van der Waals surface area contributed by atoms with Crippen LogP contribution >= 0.6 is 0 Å². The molecule has 0 aromatic heterocycles. The Labute approximate surface area is 162 Å². The van der Waals surface area contributed by atoms with Gasteiger partial charge in [-0.05, 0) is 35.1 Å². The largest absolute Gasteiger partial charge is 0.449 e. The van der Waals surface area contributed by atoms with Gasteiger partial charge in [-0.2, -0.15) is 0 Å². The number of aliphatic hydroxyl groups excluding tert-OH is 1. The Bertz CT molecular complexity index is 850. The zero-order chi connectivity index (χ0) is 20.1. The SMILES string of the molecule is NC(=O)C(=O)C(O)CCCNC(=O)OCC1c2ccccc2-c2ccccc21. The summed E-state index contributed by atoms with van der Waals surface area (Å²) in [6.45, 7) is 0.419. The first-order valence-electron chi connectivity index (χ1n) is 9.09. The lowest BCUT2D eigenvalue weighted by Crippen LogP contribution is -2.34. The standard InChI is InChI=1S/C21H22N2O5/c22-20(26)19(25)18(24)10-5-11-23-21(27)28-12-17-15-8-3-1-6-13(15)14-7-2-4-9-16(14)17/h1-4,6-9,17-18,24H,5,10-12H2,(H2,22,26)(H,23,27). The van der Waals surface area contributed by atoms with E-state index in [2.05, 4.69) is 17.4 Å². The van der Waals surface area contributed by atoms with E-state index in [9.17, 15) is 19.5 Å². The van der Waals surface area contributed by atoms with E-state index in [-0.39, 0.29) is 25.5 Å². The first-order chi connectivity index (χ1) is 13.5. The smallest absolute Gasteiger partial charge is 0.407 e. The average Bonchev–Trinajstić information content (AvgIpc) is 3.02. The molecule has 2 amide bonds.